The van der Waals surface area contributed by atoms with Crippen molar-refractivity contribution in [2.75, 3.05) is 13.2 Å². The summed E-state index contributed by atoms with van der Waals surface area (Å²) in [7, 11) is 0. The van der Waals surface area contributed by atoms with Gasteiger partial charge in [0.25, 0.3) is 0 Å². The van der Waals surface area contributed by atoms with Crippen molar-refractivity contribution in [2.24, 2.45) is 0 Å². The van der Waals surface area contributed by atoms with E-state index in [0.29, 0.717) is 12.8 Å². The molecule has 9 nitrogen and oxygen atoms in total. The minimum Gasteiger partial charge on any atom is -0.394 e. The molecule has 0 bridgehead atoms. The van der Waals surface area contributed by atoms with Crippen LogP contribution in [-0.2, 0) is 14.3 Å². The Morgan fingerprint density at radius 1 is 0.389 bits per heavy atom. The summed E-state index contributed by atoms with van der Waals surface area (Å²) in [6.07, 6.45) is 92.4. The summed E-state index contributed by atoms with van der Waals surface area (Å²) in [5.41, 5.74) is 0. The normalized spacial score (nSPS) is 18.2. The molecule has 0 radical (unpaired) electrons. The van der Waals surface area contributed by atoms with Gasteiger partial charge in [0.1, 0.15) is 24.4 Å². The van der Waals surface area contributed by atoms with Crippen LogP contribution in [0.5, 0.6) is 0 Å². The first-order chi connectivity index (χ1) is 44.3. The van der Waals surface area contributed by atoms with E-state index in [1.807, 2.05) is 0 Å². The third-order valence-electron chi connectivity index (χ3n) is 18.3. The summed E-state index contributed by atoms with van der Waals surface area (Å²) in [5.74, 6) is -0.141. The maximum Gasteiger partial charge on any atom is 0.220 e. The third-order valence-corrected chi connectivity index (χ3v) is 18.3. The molecule has 6 N–H and O–H groups in total. The van der Waals surface area contributed by atoms with Crippen LogP contribution in [0.1, 0.15) is 367 Å². The predicted molar refractivity (Wildman–Crippen MR) is 387 cm³/mol. The van der Waals surface area contributed by atoms with Crippen molar-refractivity contribution in [3.63, 3.8) is 0 Å². The topological polar surface area (TPSA) is 149 Å². The summed E-state index contributed by atoms with van der Waals surface area (Å²) in [4.78, 5) is 13.2. The Labute approximate surface area is 556 Å². The molecular formula is C81H147NO8. The number of allylic oxidation sites excluding steroid dienone is 14. The first-order valence-electron chi connectivity index (χ1n) is 38.8. The van der Waals surface area contributed by atoms with Gasteiger partial charge in [-0.05, 0) is 70.6 Å². The minimum absolute atomic E-state index is 0.138. The van der Waals surface area contributed by atoms with Gasteiger partial charge in [0.05, 0.1) is 25.4 Å². The van der Waals surface area contributed by atoms with Crippen molar-refractivity contribution in [3.05, 3.63) is 85.1 Å². The van der Waals surface area contributed by atoms with E-state index in [2.05, 4.69) is 104 Å². The van der Waals surface area contributed by atoms with Gasteiger partial charge in [-0.25, -0.2) is 0 Å². The van der Waals surface area contributed by atoms with E-state index < -0.39 is 49.5 Å². The first kappa shape index (κ1) is 85.4. The highest BCUT2D eigenvalue weighted by molar-refractivity contribution is 5.76. The Bertz CT molecular complexity index is 1700. The molecule has 0 aliphatic carbocycles. The van der Waals surface area contributed by atoms with Crippen LogP contribution in [0.3, 0.4) is 0 Å². The van der Waals surface area contributed by atoms with E-state index >= 15 is 0 Å². The second-order valence-corrected chi connectivity index (χ2v) is 26.8. The van der Waals surface area contributed by atoms with Crippen molar-refractivity contribution in [1.29, 1.82) is 0 Å². The van der Waals surface area contributed by atoms with Crippen LogP contribution in [0.4, 0.5) is 0 Å². The Morgan fingerprint density at radius 3 is 1.02 bits per heavy atom. The standard InChI is InChI=1S/C81H147NO8/c1-3-5-7-9-11-13-15-17-19-21-23-25-27-29-31-33-35-36-37-38-39-40-41-43-45-47-49-51-53-55-57-59-61-63-65-67-69-71-77(85)82-74(73-89-81-80(88)79(87)78(86)76(72-83)90-81)75(84)70-68-66-64-62-60-58-56-54-52-50-48-46-44-42-34-32-30-28-26-24-22-20-18-16-14-12-10-8-6-4-2/h5,7,11,13,17,19,23,25,29,31,35-36,38-39,74-76,78-81,83-84,86-88H,3-4,6,8-10,12,14-16,18,20-22,24,26-28,30,32-34,37,40-73H2,1-2H3,(H,82,85)/b7-5-,13-11-,19-17-,25-23-,31-29-,36-35-,39-38-. The zero-order chi connectivity index (χ0) is 64.9. The molecule has 1 saturated heterocycles. The number of ether oxygens (including phenoxy) is 2. The highest BCUT2D eigenvalue weighted by Crippen LogP contribution is 2.24. The number of hydrogen-bond donors (Lipinski definition) is 6. The Morgan fingerprint density at radius 2 is 0.689 bits per heavy atom. The molecule has 0 spiro atoms. The van der Waals surface area contributed by atoms with Crippen LogP contribution < -0.4 is 5.32 Å². The molecular weight excluding hydrogens is 1110 g/mol. The minimum atomic E-state index is -1.56. The van der Waals surface area contributed by atoms with Crippen LogP contribution >= 0.6 is 0 Å². The van der Waals surface area contributed by atoms with Gasteiger partial charge in [0.2, 0.25) is 5.91 Å². The summed E-state index contributed by atoms with van der Waals surface area (Å²) >= 11 is 0. The predicted octanol–water partition coefficient (Wildman–Crippen LogP) is 22.0. The first-order valence-corrected chi connectivity index (χ1v) is 38.8. The fraction of sp³-hybridized carbons (Fsp3) is 0.815. The molecule has 9 heteroatoms. The second kappa shape index (κ2) is 69.2. The lowest BCUT2D eigenvalue weighted by atomic mass is 9.99. The molecule has 0 saturated carbocycles. The number of nitrogens with one attached hydrogen (secondary N) is 1. The number of aliphatic hydroxyl groups is 5. The zero-order valence-corrected chi connectivity index (χ0v) is 58.9. The zero-order valence-electron chi connectivity index (χ0n) is 58.9. The van der Waals surface area contributed by atoms with Gasteiger partial charge in [-0.1, -0.05) is 375 Å². The van der Waals surface area contributed by atoms with Crippen molar-refractivity contribution in [2.45, 2.75) is 410 Å². The molecule has 1 amide bonds. The van der Waals surface area contributed by atoms with Crippen molar-refractivity contribution < 1.29 is 39.8 Å². The van der Waals surface area contributed by atoms with Crippen LogP contribution in [0, 0.1) is 0 Å². The molecule has 0 aromatic carbocycles. The van der Waals surface area contributed by atoms with Gasteiger partial charge >= 0.3 is 0 Å². The maximum atomic E-state index is 13.2. The molecule has 524 valence electrons. The molecule has 1 aliphatic rings. The largest absolute Gasteiger partial charge is 0.394 e. The monoisotopic (exact) mass is 1260 g/mol. The number of amides is 1. The molecule has 0 aromatic heterocycles. The van der Waals surface area contributed by atoms with Crippen molar-refractivity contribution >= 4 is 5.91 Å². The van der Waals surface area contributed by atoms with Crippen LogP contribution in [0.25, 0.3) is 0 Å². The van der Waals surface area contributed by atoms with E-state index in [-0.39, 0.29) is 12.5 Å². The highest BCUT2D eigenvalue weighted by atomic mass is 16.7. The van der Waals surface area contributed by atoms with Gasteiger partial charge in [0.15, 0.2) is 6.29 Å². The van der Waals surface area contributed by atoms with Crippen LogP contribution in [0.15, 0.2) is 85.1 Å². The summed E-state index contributed by atoms with van der Waals surface area (Å²) in [6.45, 7) is 3.77. The molecule has 1 rings (SSSR count). The number of unbranched alkanes of at least 4 members (excludes halogenated alkanes) is 44. The van der Waals surface area contributed by atoms with Gasteiger partial charge in [0, 0.05) is 6.42 Å². The highest BCUT2D eigenvalue weighted by Gasteiger charge is 2.44. The van der Waals surface area contributed by atoms with Gasteiger partial charge in [-0.2, -0.15) is 0 Å². The molecule has 90 heavy (non-hydrogen) atoms. The summed E-state index contributed by atoms with van der Waals surface area (Å²) in [5, 5.41) is 55.1. The van der Waals surface area contributed by atoms with E-state index in [1.165, 1.54) is 257 Å². The summed E-state index contributed by atoms with van der Waals surface area (Å²) < 4.78 is 11.4. The van der Waals surface area contributed by atoms with E-state index in [9.17, 15) is 30.3 Å². The van der Waals surface area contributed by atoms with E-state index in [1.54, 1.807) is 0 Å². The molecule has 1 fully saturated rings. The number of carbonyl (C=O) groups is 1. The molecule has 1 heterocycles. The van der Waals surface area contributed by atoms with E-state index in [0.717, 1.165) is 83.5 Å². The number of rotatable bonds is 68. The van der Waals surface area contributed by atoms with Gasteiger partial charge in [-0.15, -0.1) is 0 Å². The van der Waals surface area contributed by atoms with E-state index in [4.69, 9.17) is 9.47 Å². The molecule has 0 aromatic rings. The Hall–Kier alpha value is -2.63. The summed E-state index contributed by atoms with van der Waals surface area (Å²) in [6, 6.07) is -0.725. The fourth-order valence-electron chi connectivity index (χ4n) is 12.3. The smallest absolute Gasteiger partial charge is 0.220 e. The molecule has 1 aliphatic heterocycles. The lowest BCUT2D eigenvalue weighted by molar-refractivity contribution is -0.302. The lowest BCUT2D eigenvalue weighted by Gasteiger charge is -2.40. The van der Waals surface area contributed by atoms with Gasteiger partial charge in [-0.3, -0.25) is 4.79 Å². The Kier molecular flexibility index (Phi) is 65.7. The lowest BCUT2D eigenvalue weighted by Crippen LogP contribution is -2.60. The quantitative estimate of drug-likeness (QED) is 0.0261. The number of hydrogen-bond acceptors (Lipinski definition) is 8. The SMILES string of the molecule is CC/C=C\C/C=C\C/C=C\C/C=C\C/C=C\C/C=C\C/C=C\CCCCCCCCCCCCCCCCCC(=O)NC(COC1OC(CO)C(O)C(O)C1O)C(O)CCCCCCCCCCCCCCCCCCCCCCCCCCCCCCCC. The average molecular weight is 1260 g/mol. The second-order valence-electron chi connectivity index (χ2n) is 26.8. The van der Waals surface area contributed by atoms with Crippen LogP contribution in [-0.4, -0.2) is 87.5 Å². The molecule has 7 unspecified atom stereocenters. The van der Waals surface area contributed by atoms with Crippen molar-refractivity contribution in [1.82, 2.24) is 5.32 Å². The Balaban J connectivity index is 2.08. The number of aliphatic hydroxyl groups excluding tert-OH is 5. The van der Waals surface area contributed by atoms with Crippen molar-refractivity contribution in [3.8, 4) is 0 Å². The maximum absolute atomic E-state index is 13.2. The fourth-order valence-corrected chi connectivity index (χ4v) is 12.3. The third kappa shape index (κ3) is 56.9. The molecule has 7 atom stereocenters. The van der Waals surface area contributed by atoms with Crippen LogP contribution in [0.2, 0.25) is 0 Å². The number of carbonyl (C=O) groups excluding carboxylic acids is 1. The average Bonchev–Trinajstić information content (AvgIpc) is 1.28. The van der Waals surface area contributed by atoms with Gasteiger partial charge < -0.3 is 40.3 Å².